The molecule has 0 aliphatic rings. The number of hydrogen-bond acceptors (Lipinski definition) is 4. The first-order chi connectivity index (χ1) is 11.1. The molecule has 0 N–H and O–H groups in total. The highest BCUT2D eigenvalue weighted by atomic mass is 16.5. The predicted octanol–water partition coefficient (Wildman–Crippen LogP) is 2.94. The zero-order valence-corrected chi connectivity index (χ0v) is 13.8. The van der Waals surface area contributed by atoms with Crippen LogP contribution in [0.1, 0.15) is 22.8 Å². The molecule has 1 heterocycles. The van der Waals surface area contributed by atoms with Crippen LogP contribution in [-0.2, 0) is 0 Å². The minimum Gasteiger partial charge on any atom is -0.491 e. The molecule has 0 fully saturated rings. The number of ether oxygens (including phenoxy) is 2. The summed E-state index contributed by atoms with van der Waals surface area (Å²) in [6.07, 6.45) is 1.61. The third-order valence-corrected chi connectivity index (χ3v) is 3.41. The summed E-state index contributed by atoms with van der Waals surface area (Å²) in [7, 11) is 1.74. The molecule has 0 saturated carbocycles. The largest absolute Gasteiger partial charge is 0.491 e. The normalized spacial score (nSPS) is 10.2. The van der Waals surface area contributed by atoms with Crippen molar-refractivity contribution in [3.8, 4) is 11.6 Å². The van der Waals surface area contributed by atoms with Crippen molar-refractivity contribution in [3.05, 3.63) is 53.7 Å². The van der Waals surface area contributed by atoms with Crippen LogP contribution in [0.25, 0.3) is 0 Å². The van der Waals surface area contributed by atoms with Crippen molar-refractivity contribution in [2.24, 2.45) is 0 Å². The molecule has 1 amide bonds. The van der Waals surface area contributed by atoms with Gasteiger partial charge in [-0.15, -0.1) is 0 Å². The number of carbonyl (C=O) groups is 1. The second-order valence-electron chi connectivity index (χ2n) is 5.13. The van der Waals surface area contributed by atoms with Gasteiger partial charge in [0.1, 0.15) is 17.9 Å². The summed E-state index contributed by atoms with van der Waals surface area (Å²) in [5, 5.41) is 0. The fraction of sp³-hybridized carbons (Fsp3) is 0.333. The molecule has 1 aromatic heterocycles. The first-order valence-electron chi connectivity index (χ1n) is 7.65. The Balaban J connectivity index is 1.94. The maximum absolute atomic E-state index is 12.5. The zero-order valence-electron chi connectivity index (χ0n) is 13.8. The number of hydrogen-bond donors (Lipinski definition) is 0. The van der Waals surface area contributed by atoms with Crippen molar-refractivity contribution in [2.75, 3.05) is 26.8 Å². The molecule has 122 valence electrons. The second kappa shape index (κ2) is 8.17. The van der Waals surface area contributed by atoms with E-state index in [2.05, 4.69) is 4.98 Å². The van der Waals surface area contributed by atoms with Gasteiger partial charge < -0.3 is 14.4 Å². The first-order valence-corrected chi connectivity index (χ1v) is 7.65. The van der Waals surface area contributed by atoms with Gasteiger partial charge in [0.2, 0.25) is 5.88 Å². The van der Waals surface area contributed by atoms with Crippen molar-refractivity contribution in [1.82, 2.24) is 9.88 Å². The number of nitrogens with zero attached hydrogens (tertiary/aromatic N) is 2. The molecule has 0 bridgehead atoms. The molecule has 5 nitrogen and oxygen atoms in total. The van der Waals surface area contributed by atoms with Gasteiger partial charge in [0.25, 0.3) is 5.91 Å². The number of carbonyl (C=O) groups excluding carboxylic acids is 1. The van der Waals surface area contributed by atoms with Gasteiger partial charge in [0, 0.05) is 13.2 Å². The van der Waals surface area contributed by atoms with Crippen LogP contribution in [0.3, 0.4) is 0 Å². The molecule has 5 heteroatoms. The maximum Gasteiger partial charge on any atom is 0.259 e. The van der Waals surface area contributed by atoms with E-state index in [1.54, 1.807) is 30.3 Å². The topological polar surface area (TPSA) is 51.7 Å². The summed E-state index contributed by atoms with van der Waals surface area (Å²) < 4.78 is 11.1. The van der Waals surface area contributed by atoms with Gasteiger partial charge in [-0.3, -0.25) is 4.79 Å². The molecule has 1 aromatic carbocycles. The van der Waals surface area contributed by atoms with Crippen LogP contribution in [0, 0.1) is 6.92 Å². The van der Waals surface area contributed by atoms with Gasteiger partial charge in [-0.05, 0) is 37.6 Å². The molecular formula is C18H22N2O3. The SMILES string of the molecule is CCOc1ncccc1C(=O)N(C)CCOc1ccccc1C. The highest BCUT2D eigenvalue weighted by molar-refractivity contribution is 5.96. The van der Waals surface area contributed by atoms with Gasteiger partial charge in [0.15, 0.2) is 0 Å². The van der Waals surface area contributed by atoms with Crippen molar-refractivity contribution in [3.63, 3.8) is 0 Å². The summed E-state index contributed by atoms with van der Waals surface area (Å²) in [6, 6.07) is 11.3. The van der Waals surface area contributed by atoms with E-state index >= 15 is 0 Å². The van der Waals surface area contributed by atoms with E-state index in [1.807, 2.05) is 38.1 Å². The highest BCUT2D eigenvalue weighted by Gasteiger charge is 2.17. The van der Waals surface area contributed by atoms with Crippen molar-refractivity contribution < 1.29 is 14.3 Å². The highest BCUT2D eigenvalue weighted by Crippen LogP contribution is 2.17. The molecule has 23 heavy (non-hydrogen) atoms. The molecular weight excluding hydrogens is 292 g/mol. The van der Waals surface area contributed by atoms with Crippen LogP contribution in [0.5, 0.6) is 11.6 Å². The fourth-order valence-electron chi connectivity index (χ4n) is 2.12. The summed E-state index contributed by atoms with van der Waals surface area (Å²) in [5.41, 5.74) is 1.54. The van der Waals surface area contributed by atoms with Crippen LogP contribution in [0.4, 0.5) is 0 Å². The molecule has 0 spiro atoms. The number of likely N-dealkylation sites (N-methyl/N-ethyl adjacent to an activating group) is 1. The van der Waals surface area contributed by atoms with E-state index in [0.717, 1.165) is 11.3 Å². The van der Waals surface area contributed by atoms with Gasteiger partial charge >= 0.3 is 0 Å². The predicted molar refractivity (Wildman–Crippen MR) is 89.0 cm³/mol. The first kappa shape index (κ1) is 16.8. The number of benzene rings is 1. The third kappa shape index (κ3) is 4.45. The molecule has 0 aliphatic carbocycles. The van der Waals surface area contributed by atoms with E-state index in [1.165, 1.54) is 0 Å². The lowest BCUT2D eigenvalue weighted by Crippen LogP contribution is -2.31. The lowest BCUT2D eigenvalue weighted by molar-refractivity contribution is 0.0768. The van der Waals surface area contributed by atoms with E-state index in [0.29, 0.717) is 31.2 Å². The second-order valence-corrected chi connectivity index (χ2v) is 5.13. The van der Waals surface area contributed by atoms with Crippen molar-refractivity contribution >= 4 is 5.91 Å². The monoisotopic (exact) mass is 314 g/mol. The number of aromatic nitrogens is 1. The Morgan fingerprint density at radius 1 is 1.17 bits per heavy atom. The number of rotatable bonds is 7. The molecule has 0 aliphatic heterocycles. The minimum absolute atomic E-state index is 0.130. The molecule has 0 unspecified atom stereocenters. The summed E-state index contributed by atoms with van der Waals surface area (Å²) in [4.78, 5) is 18.2. The van der Waals surface area contributed by atoms with Crippen LogP contribution in [0.2, 0.25) is 0 Å². The van der Waals surface area contributed by atoms with E-state index in [-0.39, 0.29) is 5.91 Å². The summed E-state index contributed by atoms with van der Waals surface area (Å²) >= 11 is 0. The lowest BCUT2D eigenvalue weighted by atomic mass is 10.2. The standard InChI is InChI=1S/C18H22N2O3/c1-4-22-17-15(9-7-11-19-17)18(21)20(3)12-13-23-16-10-6-5-8-14(16)2/h5-11H,4,12-13H2,1-3H3. The smallest absolute Gasteiger partial charge is 0.259 e. The molecule has 2 aromatic rings. The van der Waals surface area contributed by atoms with Crippen LogP contribution < -0.4 is 9.47 Å². The van der Waals surface area contributed by atoms with Gasteiger partial charge in [-0.1, -0.05) is 18.2 Å². The molecule has 0 saturated heterocycles. The molecule has 0 radical (unpaired) electrons. The number of pyridine rings is 1. The van der Waals surface area contributed by atoms with E-state index in [9.17, 15) is 4.79 Å². The van der Waals surface area contributed by atoms with Crippen LogP contribution in [0.15, 0.2) is 42.6 Å². The Hall–Kier alpha value is -2.56. The molecule has 0 atom stereocenters. The Labute approximate surface area is 136 Å². The quantitative estimate of drug-likeness (QED) is 0.788. The van der Waals surface area contributed by atoms with Gasteiger partial charge in [0.05, 0.1) is 13.2 Å². The van der Waals surface area contributed by atoms with Crippen molar-refractivity contribution in [1.29, 1.82) is 0 Å². The van der Waals surface area contributed by atoms with Crippen LogP contribution >= 0.6 is 0 Å². The lowest BCUT2D eigenvalue weighted by Gasteiger charge is -2.19. The minimum atomic E-state index is -0.130. The zero-order chi connectivity index (χ0) is 16.7. The Bertz CT molecular complexity index is 658. The number of aryl methyl sites for hydroxylation is 1. The Kier molecular flexibility index (Phi) is 5.97. The molecule has 2 rings (SSSR count). The summed E-state index contributed by atoms with van der Waals surface area (Å²) in [5.74, 6) is 1.08. The third-order valence-electron chi connectivity index (χ3n) is 3.41. The van der Waals surface area contributed by atoms with E-state index in [4.69, 9.17) is 9.47 Å². The van der Waals surface area contributed by atoms with Gasteiger partial charge in [-0.2, -0.15) is 0 Å². The Morgan fingerprint density at radius 2 is 1.96 bits per heavy atom. The maximum atomic E-state index is 12.5. The van der Waals surface area contributed by atoms with Gasteiger partial charge in [-0.25, -0.2) is 4.98 Å². The van der Waals surface area contributed by atoms with E-state index < -0.39 is 0 Å². The summed E-state index contributed by atoms with van der Waals surface area (Å²) in [6.45, 7) is 5.24. The number of amides is 1. The van der Waals surface area contributed by atoms with Crippen molar-refractivity contribution in [2.45, 2.75) is 13.8 Å². The Morgan fingerprint density at radius 3 is 2.70 bits per heavy atom. The average molecular weight is 314 g/mol. The van der Waals surface area contributed by atoms with Crippen LogP contribution in [-0.4, -0.2) is 42.6 Å². The average Bonchev–Trinajstić information content (AvgIpc) is 2.56. The fourth-order valence-corrected chi connectivity index (χ4v) is 2.12. The number of para-hydroxylation sites is 1.